The number of benzene rings is 2. The van der Waals surface area contributed by atoms with E-state index < -0.39 is 15.6 Å². The number of carbonyl (C=O) groups excluding carboxylic acids is 2. The molecule has 0 bridgehead atoms. The molecule has 218 valence electrons. The molecule has 4 aromatic rings. The summed E-state index contributed by atoms with van der Waals surface area (Å²) in [4.78, 5) is 40.8. The third-order valence-corrected chi connectivity index (χ3v) is 9.53. The summed E-state index contributed by atoms with van der Waals surface area (Å²) in [5.41, 5.74) is 0.379. The second-order valence-electron chi connectivity index (χ2n) is 10.1. The van der Waals surface area contributed by atoms with Gasteiger partial charge in [0.1, 0.15) is 0 Å². The summed E-state index contributed by atoms with van der Waals surface area (Å²) in [7, 11) is -1.01. The predicted octanol–water partition coefficient (Wildman–Crippen LogP) is 2.87. The molecule has 0 saturated carbocycles. The quantitative estimate of drug-likeness (QED) is 0.312. The summed E-state index contributed by atoms with van der Waals surface area (Å²) in [5, 5.41) is 7.33. The summed E-state index contributed by atoms with van der Waals surface area (Å²) in [6, 6.07) is 13.8. The Kier molecular flexibility index (Phi) is 8.39. The van der Waals surface area contributed by atoms with E-state index in [0.717, 1.165) is 21.9 Å². The number of hydrogen-bond acceptors (Lipinski definition) is 8. The second-order valence-corrected chi connectivity index (χ2v) is 12.4. The van der Waals surface area contributed by atoms with Gasteiger partial charge in [-0.25, -0.2) is 18.4 Å². The minimum Gasteiger partial charge on any atom is -0.359 e. The van der Waals surface area contributed by atoms with Crippen molar-refractivity contribution in [1.82, 2.24) is 29.9 Å². The number of halogens is 1. The van der Waals surface area contributed by atoms with Crippen LogP contribution in [-0.2, 0) is 19.6 Å². The molecule has 2 aromatic heterocycles. The van der Waals surface area contributed by atoms with Crippen LogP contribution in [0.2, 0.25) is 5.02 Å². The molecule has 5 rings (SSSR count). The fourth-order valence-corrected chi connectivity index (χ4v) is 6.98. The van der Waals surface area contributed by atoms with Gasteiger partial charge in [-0.2, -0.15) is 4.31 Å². The highest BCUT2D eigenvalue weighted by Gasteiger charge is 2.48. The molecule has 3 heterocycles. The Morgan fingerprint density at radius 1 is 0.881 bits per heavy atom. The summed E-state index contributed by atoms with van der Waals surface area (Å²) < 4.78 is 29.3. The van der Waals surface area contributed by atoms with Crippen molar-refractivity contribution in [3.8, 4) is 11.1 Å². The van der Waals surface area contributed by atoms with Crippen LogP contribution in [0.3, 0.4) is 0 Å². The molecule has 42 heavy (non-hydrogen) atoms. The van der Waals surface area contributed by atoms with Gasteiger partial charge in [-0.15, -0.1) is 0 Å². The SMILES string of the molecule is CNC(=O)CC1(CC(=O)NC)CN(S(=O)(=O)c2ccc3cc(Cl)ccc3c2)CCN1c1ncc(-c2ccncc2)cn1. The van der Waals surface area contributed by atoms with Crippen LogP contribution < -0.4 is 15.5 Å². The zero-order valence-electron chi connectivity index (χ0n) is 23.1. The monoisotopic (exact) mass is 607 g/mol. The van der Waals surface area contributed by atoms with Crippen LogP contribution in [0.1, 0.15) is 12.8 Å². The lowest BCUT2D eigenvalue weighted by Crippen LogP contribution is -2.66. The summed E-state index contributed by atoms with van der Waals surface area (Å²) in [6.45, 7) is 0.120. The molecule has 0 unspecified atom stereocenters. The molecule has 1 aliphatic heterocycles. The van der Waals surface area contributed by atoms with E-state index >= 15 is 0 Å². The highest BCUT2D eigenvalue weighted by molar-refractivity contribution is 7.89. The molecule has 2 amide bonds. The molecule has 2 aromatic carbocycles. The average molecular weight is 608 g/mol. The van der Waals surface area contributed by atoms with E-state index in [1.54, 1.807) is 66.1 Å². The van der Waals surface area contributed by atoms with Crippen molar-refractivity contribution in [3.05, 3.63) is 78.3 Å². The highest BCUT2D eigenvalue weighted by atomic mass is 35.5. The molecule has 1 saturated heterocycles. The van der Waals surface area contributed by atoms with E-state index in [1.807, 2.05) is 12.1 Å². The predicted molar refractivity (Wildman–Crippen MR) is 160 cm³/mol. The van der Waals surface area contributed by atoms with Gasteiger partial charge in [0.15, 0.2) is 0 Å². The lowest BCUT2D eigenvalue weighted by molar-refractivity contribution is -0.124. The molecular formula is C29H30ClN7O4S. The lowest BCUT2D eigenvalue weighted by Gasteiger charge is -2.49. The van der Waals surface area contributed by atoms with Crippen molar-refractivity contribution >= 4 is 50.2 Å². The van der Waals surface area contributed by atoms with E-state index in [9.17, 15) is 18.0 Å². The van der Waals surface area contributed by atoms with Crippen LogP contribution in [0.25, 0.3) is 21.9 Å². The standard InChI is InChI=1S/C29H30ClN7O4S/c1-31-26(38)15-29(16-27(39)32-2)19-36(42(40,41)25-6-4-21-13-24(30)5-3-22(21)14-25)11-12-37(29)28-34-17-23(18-35-28)20-7-9-33-10-8-20/h3-10,13-14,17-18H,11-12,15-16,19H2,1-2H3,(H,31,38)(H,32,39). The number of piperazine rings is 1. The van der Waals surface area contributed by atoms with Crippen molar-refractivity contribution in [1.29, 1.82) is 0 Å². The summed E-state index contributed by atoms with van der Waals surface area (Å²) >= 11 is 6.10. The Morgan fingerprint density at radius 2 is 1.50 bits per heavy atom. The lowest BCUT2D eigenvalue weighted by atomic mass is 9.86. The third-order valence-electron chi connectivity index (χ3n) is 7.46. The van der Waals surface area contributed by atoms with Crippen LogP contribution in [0.15, 0.2) is 78.2 Å². The number of sulfonamides is 1. The fraction of sp³-hybridized carbons (Fsp3) is 0.276. The molecule has 2 N–H and O–H groups in total. The zero-order valence-corrected chi connectivity index (χ0v) is 24.7. The third kappa shape index (κ3) is 5.91. The number of amides is 2. The molecule has 0 radical (unpaired) electrons. The van der Waals surface area contributed by atoms with E-state index in [0.29, 0.717) is 11.0 Å². The molecule has 0 atom stereocenters. The normalized spacial score (nSPS) is 15.4. The van der Waals surface area contributed by atoms with E-state index in [1.165, 1.54) is 18.4 Å². The average Bonchev–Trinajstić information content (AvgIpc) is 3.01. The summed E-state index contributed by atoms with van der Waals surface area (Å²) in [6.07, 6.45) is 6.35. The number of pyridine rings is 1. The zero-order chi connectivity index (χ0) is 29.9. The van der Waals surface area contributed by atoms with Gasteiger partial charge in [-0.05, 0) is 52.7 Å². The van der Waals surface area contributed by atoms with Crippen LogP contribution in [0.4, 0.5) is 5.95 Å². The molecule has 0 aliphatic carbocycles. The number of aromatic nitrogens is 3. The van der Waals surface area contributed by atoms with Gasteiger partial charge >= 0.3 is 0 Å². The maximum Gasteiger partial charge on any atom is 0.243 e. The number of fused-ring (bicyclic) bond motifs is 1. The largest absolute Gasteiger partial charge is 0.359 e. The molecule has 13 heteroatoms. The Morgan fingerprint density at radius 3 is 2.14 bits per heavy atom. The Balaban J connectivity index is 1.54. The smallest absolute Gasteiger partial charge is 0.243 e. The Labute approximate surface area is 249 Å². The van der Waals surface area contributed by atoms with Crippen molar-refractivity contribution in [2.45, 2.75) is 23.3 Å². The molecule has 0 spiro atoms. The second kappa shape index (κ2) is 12.0. The number of nitrogens with one attached hydrogen (secondary N) is 2. The highest BCUT2D eigenvalue weighted by Crippen LogP contribution is 2.35. The van der Waals surface area contributed by atoms with Crippen LogP contribution >= 0.6 is 11.6 Å². The number of hydrogen-bond donors (Lipinski definition) is 2. The van der Waals surface area contributed by atoms with Gasteiger partial charge < -0.3 is 15.5 Å². The number of anilines is 1. The van der Waals surface area contributed by atoms with Gasteiger partial charge in [0.2, 0.25) is 27.8 Å². The first-order chi connectivity index (χ1) is 20.1. The molecular weight excluding hydrogens is 578 g/mol. The van der Waals surface area contributed by atoms with Crippen LogP contribution in [-0.4, -0.2) is 78.8 Å². The number of carbonyl (C=O) groups is 2. The molecule has 11 nitrogen and oxygen atoms in total. The van der Waals surface area contributed by atoms with Crippen molar-refractivity contribution in [2.24, 2.45) is 0 Å². The molecule has 1 aliphatic rings. The van der Waals surface area contributed by atoms with Crippen LogP contribution in [0, 0.1) is 0 Å². The fourth-order valence-electron chi connectivity index (χ4n) is 5.26. The van der Waals surface area contributed by atoms with Crippen molar-refractivity contribution < 1.29 is 18.0 Å². The summed E-state index contributed by atoms with van der Waals surface area (Å²) in [5.74, 6) is -0.404. The van der Waals surface area contributed by atoms with E-state index in [2.05, 4.69) is 25.6 Å². The Hall–Kier alpha value is -4.13. The first-order valence-corrected chi connectivity index (χ1v) is 15.1. The van der Waals surface area contributed by atoms with Gasteiger partial charge in [0, 0.05) is 69.1 Å². The van der Waals surface area contributed by atoms with Gasteiger partial charge in [0.25, 0.3) is 0 Å². The first kappa shape index (κ1) is 29.4. The minimum absolute atomic E-state index is 0.0969. The number of rotatable bonds is 8. The van der Waals surface area contributed by atoms with Crippen molar-refractivity contribution in [2.75, 3.05) is 38.6 Å². The maximum absolute atomic E-state index is 14.0. The topological polar surface area (TPSA) is 137 Å². The molecule has 1 fully saturated rings. The van der Waals surface area contributed by atoms with E-state index in [4.69, 9.17) is 11.6 Å². The van der Waals surface area contributed by atoms with Gasteiger partial charge in [-0.1, -0.05) is 23.7 Å². The number of nitrogens with zero attached hydrogens (tertiary/aromatic N) is 5. The first-order valence-electron chi connectivity index (χ1n) is 13.3. The van der Waals surface area contributed by atoms with Crippen molar-refractivity contribution in [3.63, 3.8) is 0 Å². The van der Waals surface area contributed by atoms with Gasteiger partial charge in [-0.3, -0.25) is 14.6 Å². The van der Waals surface area contributed by atoms with Gasteiger partial charge in [0.05, 0.1) is 23.3 Å². The minimum atomic E-state index is -4.00. The van der Waals surface area contributed by atoms with Crippen LogP contribution in [0.5, 0.6) is 0 Å². The van der Waals surface area contributed by atoms with E-state index in [-0.39, 0.29) is 49.2 Å². The Bertz CT molecular complexity index is 1700. The maximum atomic E-state index is 14.0.